The standard InChI is InChI=1S/C14H17N5O2S/c1-3-6-19-13(10-4-5-10)16-17-14(19)22-8-12(20)15-11-7-9(2)21-18-11/h3,7,10H,1,4-6,8H2,2H3,(H,15,18,20). The minimum Gasteiger partial charge on any atom is -0.360 e. The molecule has 1 aliphatic rings. The number of amides is 1. The fourth-order valence-corrected chi connectivity index (χ4v) is 2.84. The van der Waals surface area contributed by atoms with Gasteiger partial charge < -0.3 is 14.4 Å². The second kappa shape index (κ2) is 6.35. The smallest absolute Gasteiger partial charge is 0.236 e. The molecule has 1 saturated carbocycles. The Morgan fingerprint density at radius 2 is 2.41 bits per heavy atom. The Labute approximate surface area is 132 Å². The lowest BCUT2D eigenvalue weighted by atomic mass is 10.4. The SMILES string of the molecule is C=CCn1c(SCC(=O)Nc2cc(C)on2)nnc1C1CC1. The zero-order valence-corrected chi connectivity index (χ0v) is 13.1. The summed E-state index contributed by atoms with van der Waals surface area (Å²) in [4.78, 5) is 11.9. The monoisotopic (exact) mass is 319 g/mol. The van der Waals surface area contributed by atoms with E-state index in [9.17, 15) is 4.79 Å². The molecule has 0 aliphatic heterocycles. The van der Waals surface area contributed by atoms with Crippen molar-refractivity contribution in [3.8, 4) is 0 Å². The topological polar surface area (TPSA) is 85.8 Å². The van der Waals surface area contributed by atoms with Gasteiger partial charge in [-0.15, -0.1) is 16.8 Å². The van der Waals surface area contributed by atoms with Gasteiger partial charge in [0.2, 0.25) is 5.91 Å². The van der Waals surface area contributed by atoms with Crippen molar-refractivity contribution in [2.75, 3.05) is 11.1 Å². The molecule has 116 valence electrons. The average molecular weight is 319 g/mol. The van der Waals surface area contributed by atoms with Crippen molar-refractivity contribution in [2.24, 2.45) is 0 Å². The van der Waals surface area contributed by atoms with Gasteiger partial charge in [0.1, 0.15) is 11.6 Å². The molecule has 7 nitrogen and oxygen atoms in total. The number of rotatable bonds is 7. The van der Waals surface area contributed by atoms with Crippen molar-refractivity contribution >= 4 is 23.5 Å². The molecule has 22 heavy (non-hydrogen) atoms. The van der Waals surface area contributed by atoms with E-state index >= 15 is 0 Å². The fraction of sp³-hybridized carbons (Fsp3) is 0.429. The fourth-order valence-electron chi connectivity index (χ4n) is 2.09. The number of anilines is 1. The van der Waals surface area contributed by atoms with Crippen LogP contribution in [0.25, 0.3) is 0 Å². The van der Waals surface area contributed by atoms with Crippen molar-refractivity contribution in [1.29, 1.82) is 0 Å². The van der Waals surface area contributed by atoms with Crippen LogP contribution in [0.3, 0.4) is 0 Å². The molecule has 0 unspecified atom stereocenters. The van der Waals surface area contributed by atoms with Crippen LogP contribution in [0.4, 0.5) is 5.82 Å². The first-order valence-corrected chi connectivity index (χ1v) is 8.06. The van der Waals surface area contributed by atoms with E-state index < -0.39 is 0 Å². The molecular weight excluding hydrogens is 302 g/mol. The van der Waals surface area contributed by atoms with E-state index in [1.807, 2.05) is 10.6 Å². The van der Waals surface area contributed by atoms with E-state index in [0.717, 1.165) is 23.8 Å². The minimum absolute atomic E-state index is 0.153. The average Bonchev–Trinajstić information content (AvgIpc) is 3.14. The summed E-state index contributed by atoms with van der Waals surface area (Å²) in [5.74, 6) is 2.67. The Morgan fingerprint density at radius 1 is 1.59 bits per heavy atom. The van der Waals surface area contributed by atoms with Gasteiger partial charge in [0.25, 0.3) is 0 Å². The van der Waals surface area contributed by atoms with Gasteiger partial charge in [0, 0.05) is 18.5 Å². The Kier molecular flexibility index (Phi) is 4.28. The van der Waals surface area contributed by atoms with E-state index in [0.29, 0.717) is 24.0 Å². The van der Waals surface area contributed by atoms with E-state index in [4.69, 9.17) is 4.52 Å². The number of nitrogens with zero attached hydrogens (tertiary/aromatic N) is 4. The summed E-state index contributed by atoms with van der Waals surface area (Å²) in [5, 5.41) is 15.6. The van der Waals surface area contributed by atoms with Gasteiger partial charge in [0.05, 0.1) is 5.75 Å². The molecule has 0 saturated heterocycles. The van der Waals surface area contributed by atoms with Crippen LogP contribution in [-0.4, -0.2) is 31.6 Å². The molecule has 1 aliphatic carbocycles. The third kappa shape index (κ3) is 3.38. The maximum absolute atomic E-state index is 11.9. The van der Waals surface area contributed by atoms with Gasteiger partial charge in [-0.05, 0) is 19.8 Å². The second-order valence-corrected chi connectivity index (χ2v) is 6.12. The lowest BCUT2D eigenvalue weighted by Crippen LogP contribution is -2.15. The highest BCUT2D eigenvalue weighted by atomic mass is 32.2. The first-order valence-electron chi connectivity index (χ1n) is 7.07. The van der Waals surface area contributed by atoms with E-state index in [1.54, 1.807) is 13.0 Å². The molecule has 0 bridgehead atoms. The predicted octanol–water partition coefficient (Wildman–Crippen LogP) is 2.37. The van der Waals surface area contributed by atoms with E-state index in [-0.39, 0.29) is 11.7 Å². The number of thioether (sulfide) groups is 1. The zero-order chi connectivity index (χ0) is 15.5. The van der Waals surface area contributed by atoms with Gasteiger partial charge >= 0.3 is 0 Å². The lowest BCUT2D eigenvalue weighted by molar-refractivity contribution is -0.113. The van der Waals surface area contributed by atoms with Gasteiger partial charge in [0.15, 0.2) is 11.0 Å². The molecule has 8 heteroatoms. The second-order valence-electron chi connectivity index (χ2n) is 5.17. The number of hydrogen-bond acceptors (Lipinski definition) is 6. The molecular formula is C14H17N5O2S. The van der Waals surface area contributed by atoms with Crippen molar-refractivity contribution in [1.82, 2.24) is 19.9 Å². The van der Waals surface area contributed by atoms with Crippen LogP contribution in [0, 0.1) is 6.92 Å². The van der Waals surface area contributed by atoms with Crippen LogP contribution in [-0.2, 0) is 11.3 Å². The van der Waals surface area contributed by atoms with Crippen LogP contribution in [0.5, 0.6) is 0 Å². The number of carbonyl (C=O) groups excluding carboxylic acids is 1. The Hall–Kier alpha value is -2.09. The molecule has 0 radical (unpaired) electrons. The van der Waals surface area contributed by atoms with Gasteiger partial charge in [-0.1, -0.05) is 23.0 Å². The van der Waals surface area contributed by atoms with Crippen molar-refractivity contribution in [2.45, 2.75) is 37.4 Å². The predicted molar refractivity (Wildman–Crippen MR) is 82.8 cm³/mol. The summed E-state index contributed by atoms with van der Waals surface area (Å²) in [5.41, 5.74) is 0. The molecule has 1 amide bonds. The number of aryl methyl sites for hydroxylation is 1. The number of allylic oxidation sites excluding steroid dienone is 1. The van der Waals surface area contributed by atoms with Crippen molar-refractivity contribution in [3.05, 3.63) is 30.3 Å². The molecule has 3 rings (SSSR count). The molecule has 1 fully saturated rings. The summed E-state index contributed by atoms with van der Waals surface area (Å²) in [6.45, 7) is 6.20. The summed E-state index contributed by atoms with van der Waals surface area (Å²) in [6.07, 6.45) is 4.13. The maximum Gasteiger partial charge on any atom is 0.236 e. The number of hydrogen-bond donors (Lipinski definition) is 1. The number of aromatic nitrogens is 4. The molecule has 1 N–H and O–H groups in total. The van der Waals surface area contributed by atoms with Gasteiger partial charge in [-0.3, -0.25) is 4.79 Å². The molecule has 0 aromatic carbocycles. The van der Waals surface area contributed by atoms with Crippen LogP contribution >= 0.6 is 11.8 Å². The summed E-state index contributed by atoms with van der Waals surface area (Å²) < 4.78 is 6.94. The minimum atomic E-state index is -0.153. The van der Waals surface area contributed by atoms with Crippen LogP contribution < -0.4 is 5.32 Å². The molecule has 0 spiro atoms. The highest BCUT2D eigenvalue weighted by molar-refractivity contribution is 7.99. The van der Waals surface area contributed by atoms with E-state index in [1.165, 1.54) is 11.8 Å². The molecule has 2 aromatic heterocycles. The Balaban J connectivity index is 1.60. The normalized spacial score (nSPS) is 14.0. The largest absolute Gasteiger partial charge is 0.360 e. The highest BCUT2D eigenvalue weighted by Gasteiger charge is 2.30. The number of carbonyl (C=O) groups is 1. The zero-order valence-electron chi connectivity index (χ0n) is 12.3. The molecule has 2 aromatic rings. The summed E-state index contributed by atoms with van der Waals surface area (Å²) in [7, 11) is 0. The third-order valence-electron chi connectivity index (χ3n) is 3.23. The third-order valence-corrected chi connectivity index (χ3v) is 4.19. The van der Waals surface area contributed by atoms with Crippen molar-refractivity contribution in [3.63, 3.8) is 0 Å². The van der Waals surface area contributed by atoms with Crippen LogP contribution in [0.1, 0.15) is 30.3 Å². The quantitative estimate of drug-likeness (QED) is 0.623. The highest BCUT2D eigenvalue weighted by Crippen LogP contribution is 2.40. The summed E-state index contributed by atoms with van der Waals surface area (Å²) in [6, 6.07) is 1.67. The van der Waals surface area contributed by atoms with Crippen LogP contribution in [0.15, 0.2) is 28.4 Å². The molecule has 0 atom stereocenters. The first kappa shape index (κ1) is 14.8. The number of nitrogens with one attached hydrogen (secondary N) is 1. The lowest BCUT2D eigenvalue weighted by Gasteiger charge is -2.06. The Bertz CT molecular complexity index is 689. The first-order chi connectivity index (χ1) is 10.7. The Morgan fingerprint density at radius 3 is 3.05 bits per heavy atom. The maximum atomic E-state index is 11.9. The van der Waals surface area contributed by atoms with Gasteiger partial charge in [-0.2, -0.15) is 0 Å². The van der Waals surface area contributed by atoms with Crippen LogP contribution in [0.2, 0.25) is 0 Å². The van der Waals surface area contributed by atoms with Crippen molar-refractivity contribution < 1.29 is 9.32 Å². The van der Waals surface area contributed by atoms with Gasteiger partial charge in [-0.25, -0.2) is 0 Å². The van der Waals surface area contributed by atoms with E-state index in [2.05, 4.69) is 27.2 Å². The molecule has 2 heterocycles. The summed E-state index contributed by atoms with van der Waals surface area (Å²) >= 11 is 1.36.